The lowest BCUT2D eigenvalue weighted by atomic mass is 9.97. The lowest BCUT2D eigenvalue weighted by Gasteiger charge is -2.28. The van der Waals surface area contributed by atoms with Crippen LogP contribution in [0.4, 0.5) is 13.2 Å². The average molecular weight is 569 g/mol. The summed E-state index contributed by atoms with van der Waals surface area (Å²) in [5, 5.41) is 14.2. The highest BCUT2D eigenvalue weighted by molar-refractivity contribution is 7.92. The third-order valence-corrected chi connectivity index (χ3v) is 7.41. The molecule has 0 aliphatic heterocycles. The molecule has 0 heterocycles. The van der Waals surface area contributed by atoms with E-state index in [1.54, 1.807) is 19.9 Å². The maximum atomic E-state index is 14.0. The predicted octanol–water partition coefficient (Wildman–Crippen LogP) is 3.39. The zero-order chi connectivity index (χ0) is 29.4. The summed E-state index contributed by atoms with van der Waals surface area (Å²) in [6, 6.07) is 9.52. The molecular formula is C26H31F3N4O5S. The van der Waals surface area contributed by atoms with Gasteiger partial charge in [-0.1, -0.05) is 50.2 Å². The Hall–Kier alpha value is -3.47. The van der Waals surface area contributed by atoms with E-state index in [2.05, 4.69) is 10.6 Å². The highest BCUT2D eigenvalue weighted by Gasteiger charge is 2.42. The number of hydrogen-bond acceptors (Lipinski definition) is 7. The molecule has 0 unspecified atom stereocenters. The quantitative estimate of drug-likeness (QED) is 0.297. The molecule has 0 aromatic heterocycles. The highest BCUT2D eigenvalue weighted by atomic mass is 32.2. The second-order valence-electron chi connectivity index (χ2n) is 9.18. The molecule has 2 aromatic rings. The Morgan fingerprint density at radius 1 is 1.05 bits per heavy atom. The summed E-state index contributed by atoms with van der Waals surface area (Å²) in [5.74, 6) is -2.31. The number of benzene rings is 2. The van der Waals surface area contributed by atoms with E-state index in [-0.39, 0.29) is 29.3 Å². The van der Waals surface area contributed by atoms with Gasteiger partial charge in [-0.25, -0.2) is 13.5 Å². The van der Waals surface area contributed by atoms with Crippen LogP contribution < -0.4 is 10.6 Å². The SMILES string of the molecule is CON(C)C(=O)CS(=O)(=O)c1ccc(-c2ccc([C@H](N[C@@H](CC(C)C)C(=O)NCC#N)C(F)(F)F)cc2)cc1. The van der Waals surface area contributed by atoms with Gasteiger partial charge in [-0.15, -0.1) is 0 Å². The van der Waals surface area contributed by atoms with Gasteiger partial charge in [-0.2, -0.15) is 18.4 Å². The zero-order valence-electron chi connectivity index (χ0n) is 21.9. The molecule has 0 radical (unpaired) electrons. The van der Waals surface area contributed by atoms with Crippen molar-refractivity contribution in [3.05, 3.63) is 54.1 Å². The fourth-order valence-electron chi connectivity index (χ4n) is 3.71. The van der Waals surface area contributed by atoms with Gasteiger partial charge in [0.05, 0.1) is 24.1 Å². The van der Waals surface area contributed by atoms with Gasteiger partial charge in [0.15, 0.2) is 9.84 Å². The number of carbonyl (C=O) groups excluding carboxylic acids is 2. The molecule has 13 heteroatoms. The number of hydrogen-bond donors (Lipinski definition) is 2. The fraction of sp³-hybridized carbons (Fsp3) is 0.423. The first kappa shape index (κ1) is 31.7. The van der Waals surface area contributed by atoms with E-state index in [4.69, 9.17) is 10.1 Å². The Morgan fingerprint density at radius 2 is 1.59 bits per heavy atom. The van der Waals surface area contributed by atoms with E-state index >= 15 is 0 Å². The third-order valence-electron chi connectivity index (χ3n) is 5.79. The first-order valence-electron chi connectivity index (χ1n) is 11.9. The first-order chi connectivity index (χ1) is 18.2. The molecule has 2 aromatic carbocycles. The number of alkyl halides is 3. The van der Waals surface area contributed by atoms with Gasteiger partial charge < -0.3 is 5.32 Å². The zero-order valence-corrected chi connectivity index (χ0v) is 22.8. The van der Waals surface area contributed by atoms with E-state index in [1.165, 1.54) is 62.7 Å². The second-order valence-corrected chi connectivity index (χ2v) is 11.2. The van der Waals surface area contributed by atoms with Crippen molar-refractivity contribution in [2.45, 2.75) is 43.4 Å². The van der Waals surface area contributed by atoms with Crippen LogP contribution in [0.5, 0.6) is 0 Å². The molecule has 2 rings (SSSR count). The third kappa shape index (κ3) is 9.05. The number of halogens is 3. The fourth-order valence-corrected chi connectivity index (χ4v) is 4.94. The summed E-state index contributed by atoms with van der Waals surface area (Å²) in [7, 11) is -1.42. The van der Waals surface area contributed by atoms with Gasteiger partial charge in [-0.3, -0.25) is 19.7 Å². The van der Waals surface area contributed by atoms with Crippen molar-refractivity contribution in [3.8, 4) is 17.2 Å². The number of nitriles is 1. The van der Waals surface area contributed by atoms with Crippen LogP contribution in [0.1, 0.15) is 31.9 Å². The summed E-state index contributed by atoms with van der Waals surface area (Å²) in [6.07, 6.45) is -4.58. The van der Waals surface area contributed by atoms with Gasteiger partial charge >= 0.3 is 6.18 Å². The second kappa shape index (κ2) is 13.5. The smallest absolute Gasteiger partial charge is 0.342 e. The molecular weight excluding hydrogens is 537 g/mol. The number of nitrogens with zero attached hydrogens (tertiary/aromatic N) is 2. The number of nitrogens with one attached hydrogen (secondary N) is 2. The molecule has 0 aliphatic carbocycles. The highest BCUT2D eigenvalue weighted by Crippen LogP contribution is 2.34. The molecule has 2 atom stereocenters. The Morgan fingerprint density at radius 3 is 2.05 bits per heavy atom. The van der Waals surface area contributed by atoms with E-state index in [9.17, 15) is 31.2 Å². The minimum atomic E-state index is -4.71. The largest absolute Gasteiger partial charge is 0.407 e. The van der Waals surface area contributed by atoms with Crippen molar-refractivity contribution in [1.29, 1.82) is 5.26 Å². The van der Waals surface area contributed by atoms with Crippen LogP contribution >= 0.6 is 0 Å². The molecule has 9 nitrogen and oxygen atoms in total. The van der Waals surface area contributed by atoms with E-state index in [0.29, 0.717) is 11.1 Å². The Bertz CT molecular complexity index is 1270. The number of hydroxylamine groups is 2. The maximum absolute atomic E-state index is 14.0. The summed E-state index contributed by atoms with van der Waals surface area (Å²) in [6.45, 7) is 3.23. The normalized spacial score (nSPS) is 13.4. The lowest BCUT2D eigenvalue weighted by Crippen LogP contribution is -2.49. The summed E-state index contributed by atoms with van der Waals surface area (Å²) in [4.78, 5) is 28.9. The maximum Gasteiger partial charge on any atom is 0.407 e. The Balaban J connectivity index is 2.27. The molecule has 0 saturated heterocycles. The van der Waals surface area contributed by atoms with Crippen molar-refractivity contribution in [2.75, 3.05) is 26.5 Å². The first-order valence-corrected chi connectivity index (χ1v) is 13.6. The molecule has 0 bridgehead atoms. The van der Waals surface area contributed by atoms with Gasteiger partial charge in [0, 0.05) is 7.05 Å². The van der Waals surface area contributed by atoms with Crippen molar-refractivity contribution >= 4 is 21.7 Å². The van der Waals surface area contributed by atoms with Gasteiger partial charge in [-0.05, 0) is 41.2 Å². The van der Waals surface area contributed by atoms with Crippen molar-refractivity contribution < 1.29 is 36.0 Å². The van der Waals surface area contributed by atoms with E-state index in [1.807, 2.05) is 0 Å². The summed E-state index contributed by atoms with van der Waals surface area (Å²) >= 11 is 0. The van der Waals surface area contributed by atoms with Crippen molar-refractivity contribution in [2.24, 2.45) is 5.92 Å². The number of sulfone groups is 1. The van der Waals surface area contributed by atoms with Gasteiger partial charge in [0.1, 0.15) is 18.3 Å². The lowest BCUT2D eigenvalue weighted by molar-refractivity contribution is -0.165. The minimum absolute atomic E-state index is 0.0858. The van der Waals surface area contributed by atoms with Crippen LogP contribution in [-0.2, 0) is 24.3 Å². The van der Waals surface area contributed by atoms with E-state index < -0.39 is 45.7 Å². The molecule has 39 heavy (non-hydrogen) atoms. The molecule has 2 amide bonds. The molecule has 0 saturated carbocycles. The van der Waals surface area contributed by atoms with Crippen molar-refractivity contribution in [3.63, 3.8) is 0 Å². The van der Waals surface area contributed by atoms with Crippen molar-refractivity contribution in [1.82, 2.24) is 15.7 Å². The number of rotatable bonds is 12. The predicted molar refractivity (Wildman–Crippen MR) is 138 cm³/mol. The molecule has 212 valence electrons. The van der Waals surface area contributed by atoms with Crippen LogP contribution in [0.25, 0.3) is 11.1 Å². The Labute approximate surface area is 225 Å². The van der Waals surface area contributed by atoms with Crippen LogP contribution in [0.15, 0.2) is 53.4 Å². The van der Waals surface area contributed by atoms with Crippen LogP contribution in [0, 0.1) is 17.2 Å². The number of amides is 2. The monoisotopic (exact) mass is 568 g/mol. The van der Waals surface area contributed by atoms with Crippen LogP contribution in [0.2, 0.25) is 0 Å². The molecule has 0 fully saturated rings. The topological polar surface area (TPSA) is 129 Å². The average Bonchev–Trinajstić information content (AvgIpc) is 2.88. The molecule has 0 spiro atoms. The van der Waals surface area contributed by atoms with Gasteiger partial charge in [0.2, 0.25) is 5.91 Å². The standard InChI is InChI=1S/C26H31F3N4O5S/c1-17(2)15-22(25(35)31-14-13-30)32-24(26(27,28)29)20-7-5-18(6-8-20)19-9-11-21(12-10-19)39(36,37)16-23(34)33(3)38-4/h5-12,17,22,24,32H,14-16H2,1-4H3,(H,31,35)/t22-,24-/m0/s1. The molecule has 0 aliphatic rings. The minimum Gasteiger partial charge on any atom is -0.342 e. The molecule has 2 N–H and O–H groups in total. The Kier molecular flexibility index (Phi) is 11.0. The van der Waals surface area contributed by atoms with Crippen LogP contribution in [0.3, 0.4) is 0 Å². The number of carbonyl (C=O) groups is 2. The van der Waals surface area contributed by atoms with Crippen LogP contribution in [-0.4, -0.2) is 64.0 Å². The van der Waals surface area contributed by atoms with Gasteiger partial charge in [0.25, 0.3) is 5.91 Å². The summed E-state index contributed by atoms with van der Waals surface area (Å²) < 4.78 is 67.1. The van der Waals surface area contributed by atoms with E-state index in [0.717, 1.165) is 5.06 Å². The summed E-state index contributed by atoms with van der Waals surface area (Å²) in [5.41, 5.74) is 0.961.